The van der Waals surface area contributed by atoms with E-state index in [9.17, 15) is 4.79 Å². The normalized spacial score (nSPS) is 11.5. The summed E-state index contributed by atoms with van der Waals surface area (Å²) in [6, 6.07) is 0. The third-order valence-electron chi connectivity index (χ3n) is 0.859. The van der Waals surface area contributed by atoms with Gasteiger partial charge in [0.15, 0.2) is 0 Å². The van der Waals surface area contributed by atoms with Crippen molar-refractivity contribution in [2.75, 3.05) is 0 Å². The Hall–Kier alpha value is -0.690. The lowest BCUT2D eigenvalue weighted by Crippen LogP contribution is -2.32. The minimum Gasteiger partial charge on any atom is -0.481 e. The SMILES string of the molecule is CC(CC(=O)O)(OO)OO. The van der Waals surface area contributed by atoms with Gasteiger partial charge in [-0.1, -0.05) is 0 Å². The van der Waals surface area contributed by atoms with Crippen LogP contribution in [-0.4, -0.2) is 27.4 Å². The first kappa shape index (κ1) is 9.31. The van der Waals surface area contributed by atoms with Crippen LogP contribution < -0.4 is 0 Å². The summed E-state index contributed by atoms with van der Waals surface area (Å²) in [5.41, 5.74) is 0. The molecule has 0 saturated heterocycles. The quantitative estimate of drug-likeness (QED) is 0.301. The molecule has 0 aromatic carbocycles. The molecular weight excluding hydrogens is 144 g/mol. The highest BCUT2D eigenvalue weighted by molar-refractivity contribution is 5.67. The molecule has 0 aromatic heterocycles. The van der Waals surface area contributed by atoms with E-state index in [0.717, 1.165) is 6.92 Å². The van der Waals surface area contributed by atoms with Gasteiger partial charge in [-0.15, -0.1) is 0 Å². The van der Waals surface area contributed by atoms with Crippen LogP contribution in [0.4, 0.5) is 0 Å². The van der Waals surface area contributed by atoms with Crippen LogP contribution in [0.15, 0.2) is 0 Å². The van der Waals surface area contributed by atoms with Crippen LogP contribution in [0.2, 0.25) is 0 Å². The number of hydrogen-bond donors (Lipinski definition) is 3. The van der Waals surface area contributed by atoms with Gasteiger partial charge in [-0.05, 0) is 6.92 Å². The van der Waals surface area contributed by atoms with E-state index < -0.39 is 18.2 Å². The van der Waals surface area contributed by atoms with Crippen molar-refractivity contribution in [3.8, 4) is 0 Å². The molecule has 0 aliphatic heterocycles. The second-order valence-electron chi connectivity index (χ2n) is 1.89. The lowest BCUT2D eigenvalue weighted by atomic mass is 10.2. The minimum atomic E-state index is -1.88. The average molecular weight is 152 g/mol. The maximum absolute atomic E-state index is 9.95. The van der Waals surface area contributed by atoms with Gasteiger partial charge in [-0.3, -0.25) is 4.79 Å². The van der Waals surface area contributed by atoms with Crippen molar-refractivity contribution in [2.24, 2.45) is 0 Å². The Morgan fingerprint density at radius 2 is 1.90 bits per heavy atom. The van der Waals surface area contributed by atoms with Gasteiger partial charge in [0.1, 0.15) is 6.42 Å². The van der Waals surface area contributed by atoms with Crippen molar-refractivity contribution in [2.45, 2.75) is 19.1 Å². The van der Waals surface area contributed by atoms with Gasteiger partial charge in [-0.25, -0.2) is 20.3 Å². The second kappa shape index (κ2) is 3.47. The van der Waals surface area contributed by atoms with Gasteiger partial charge in [0.25, 0.3) is 0 Å². The van der Waals surface area contributed by atoms with Gasteiger partial charge >= 0.3 is 5.97 Å². The Balaban J connectivity index is 3.92. The maximum Gasteiger partial charge on any atom is 0.309 e. The zero-order chi connectivity index (χ0) is 8.20. The van der Waals surface area contributed by atoms with Crippen LogP contribution in [-0.2, 0) is 14.6 Å². The van der Waals surface area contributed by atoms with Crippen LogP contribution in [0.1, 0.15) is 13.3 Å². The molecular formula is C4H8O6. The van der Waals surface area contributed by atoms with E-state index in [1.807, 2.05) is 0 Å². The van der Waals surface area contributed by atoms with Crippen molar-refractivity contribution in [3.05, 3.63) is 0 Å². The Morgan fingerprint density at radius 3 is 2.00 bits per heavy atom. The van der Waals surface area contributed by atoms with Crippen LogP contribution in [0.25, 0.3) is 0 Å². The molecule has 0 unspecified atom stereocenters. The van der Waals surface area contributed by atoms with Crippen LogP contribution in [0.3, 0.4) is 0 Å². The molecule has 0 spiro atoms. The fourth-order valence-electron chi connectivity index (χ4n) is 0.356. The van der Waals surface area contributed by atoms with E-state index in [-0.39, 0.29) is 0 Å². The predicted octanol–water partition coefficient (Wildman–Crippen LogP) is 0.156. The van der Waals surface area contributed by atoms with Crippen molar-refractivity contribution in [3.63, 3.8) is 0 Å². The molecule has 0 atom stereocenters. The number of carbonyl (C=O) groups is 1. The molecule has 0 saturated carbocycles. The standard InChI is InChI=1S/C4H8O6/c1-4(9-7,10-8)2-3(5)6/h7-8H,2H2,1H3,(H,5,6). The summed E-state index contributed by atoms with van der Waals surface area (Å²) in [5, 5.41) is 24.1. The Morgan fingerprint density at radius 1 is 1.50 bits per heavy atom. The molecule has 0 aromatic rings. The van der Waals surface area contributed by atoms with E-state index in [2.05, 4.69) is 9.78 Å². The number of aliphatic carboxylic acids is 1. The molecule has 0 heterocycles. The average Bonchev–Trinajstić information content (AvgIpc) is 1.87. The van der Waals surface area contributed by atoms with Crippen molar-refractivity contribution in [1.29, 1.82) is 0 Å². The smallest absolute Gasteiger partial charge is 0.309 e. The lowest BCUT2D eigenvalue weighted by molar-refractivity contribution is -0.479. The summed E-state index contributed by atoms with van der Waals surface area (Å²) in [4.78, 5) is 17.0. The third kappa shape index (κ3) is 2.74. The molecule has 0 aliphatic rings. The van der Waals surface area contributed by atoms with Gasteiger partial charge < -0.3 is 5.11 Å². The number of rotatable bonds is 4. The molecule has 0 aliphatic carbocycles. The highest BCUT2D eigenvalue weighted by Gasteiger charge is 2.30. The van der Waals surface area contributed by atoms with Crippen LogP contribution in [0.5, 0.6) is 0 Å². The molecule has 6 nitrogen and oxygen atoms in total. The van der Waals surface area contributed by atoms with E-state index in [4.69, 9.17) is 15.6 Å². The lowest BCUT2D eigenvalue weighted by Gasteiger charge is -2.18. The van der Waals surface area contributed by atoms with Gasteiger partial charge in [0, 0.05) is 0 Å². The Bertz CT molecular complexity index is 117. The Kier molecular flexibility index (Phi) is 3.23. The third-order valence-corrected chi connectivity index (χ3v) is 0.859. The molecule has 10 heavy (non-hydrogen) atoms. The van der Waals surface area contributed by atoms with Crippen LogP contribution >= 0.6 is 0 Å². The second-order valence-corrected chi connectivity index (χ2v) is 1.89. The van der Waals surface area contributed by atoms with Crippen molar-refractivity contribution in [1.82, 2.24) is 0 Å². The molecule has 0 fully saturated rings. The Labute approximate surface area is 56.5 Å². The number of carboxylic acids is 1. The van der Waals surface area contributed by atoms with Gasteiger partial charge in [0.05, 0.1) is 0 Å². The molecule has 0 rings (SSSR count). The van der Waals surface area contributed by atoms with Gasteiger partial charge in [-0.2, -0.15) is 0 Å². The molecule has 6 heteroatoms. The number of hydrogen-bond acceptors (Lipinski definition) is 5. The number of carboxylic acid groups (broad SMARTS) is 1. The summed E-state index contributed by atoms with van der Waals surface area (Å²) in [6.45, 7) is 1.07. The first-order chi connectivity index (χ1) is 4.54. The first-order valence-electron chi connectivity index (χ1n) is 2.41. The highest BCUT2D eigenvalue weighted by atomic mass is 17.2. The van der Waals surface area contributed by atoms with Crippen molar-refractivity contribution < 1.29 is 30.2 Å². The zero-order valence-electron chi connectivity index (χ0n) is 5.27. The molecule has 0 bridgehead atoms. The van der Waals surface area contributed by atoms with Crippen molar-refractivity contribution >= 4 is 5.97 Å². The van der Waals surface area contributed by atoms with E-state index >= 15 is 0 Å². The van der Waals surface area contributed by atoms with Crippen LogP contribution in [0, 0.1) is 0 Å². The summed E-state index contributed by atoms with van der Waals surface area (Å²) in [7, 11) is 0. The fourth-order valence-corrected chi connectivity index (χ4v) is 0.356. The first-order valence-corrected chi connectivity index (χ1v) is 2.41. The zero-order valence-corrected chi connectivity index (χ0v) is 5.27. The molecule has 0 radical (unpaired) electrons. The largest absolute Gasteiger partial charge is 0.481 e. The summed E-state index contributed by atoms with van der Waals surface area (Å²) >= 11 is 0. The van der Waals surface area contributed by atoms with Gasteiger partial charge in [0.2, 0.25) is 5.79 Å². The van der Waals surface area contributed by atoms with E-state index in [0.29, 0.717) is 0 Å². The maximum atomic E-state index is 9.95. The molecule has 3 N–H and O–H groups in total. The monoisotopic (exact) mass is 152 g/mol. The summed E-state index contributed by atoms with van der Waals surface area (Å²) in [6.07, 6.45) is -0.653. The topological polar surface area (TPSA) is 96.2 Å². The molecule has 0 amide bonds. The summed E-state index contributed by atoms with van der Waals surface area (Å²) < 4.78 is 0. The van der Waals surface area contributed by atoms with E-state index in [1.54, 1.807) is 0 Å². The highest BCUT2D eigenvalue weighted by Crippen LogP contribution is 2.13. The molecule has 60 valence electrons. The summed E-state index contributed by atoms with van der Waals surface area (Å²) in [5.74, 6) is -3.14. The fraction of sp³-hybridized carbons (Fsp3) is 0.750. The van der Waals surface area contributed by atoms with E-state index in [1.165, 1.54) is 0 Å². The predicted molar refractivity (Wildman–Crippen MR) is 28.1 cm³/mol. The minimum absolute atomic E-state index is 0.653.